The summed E-state index contributed by atoms with van der Waals surface area (Å²) in [4.78, 5) is 12.4. The zero-order valence-corrected chi connectivity index (χ0v) is 14.5. The third-order valence-corrected chi connectivity index (χ3v) is 4.75. The first-order chi connectivity index (χ1) is 10.3. The van der Waals surface area contributed by atoms with E-state index in [0.717, 1.165) is 15.0 Å². The first-order valence-corrected chi connectivity index (χ1v) is 9.03. The Bertz CT molecular complexity index is 806. The van der Waals surface area contributed by atoms with Crippen molar-refractivity contribution in [3.8, 4) is 0 Å². The maximum atomic E-state index is 12.4. The molecule has 0 radical (unpaired) electrons. The van der Waals surface area contributed by atoms with E-state index >= 15 is 0 Å². The molecule has 0 aliphatic carbocycles. The highest BCUT2D eigenvalue weighted by atomic mass is 79.9. The summed E-state index contributed by atoms with van der Waals surface area (Å²) in [6, 6.07) is 13.7. The molecule has 0 atom stereocenters. The summed E-state index contributed by atoms with van der Waals surface area (Å²) in [5.74, 6) is -0.371. The largest absolute Gasteiger partial charge is 0.322 e. The fraction of sp³-hybridized carbons (Fsp3) is 0.133. The molecule has 0 saturated heterocycles. The molecular weight excluding hydrogens is 368 g/mol. The molecule has 0 fully saturated rings. The normalized spacial score (nSPS) is 11.0. The van der Waals surface area contributed by atoms with Crippen molar-refractivity contribution < 1.29 is 13.2 Å². The number of sulfonamides is 1. The number of rotatable bonds is 4. The van der Waals surface area contributed by atoms with Gasteiger partial charge in [0.1, 0.15) is 0 Å². The van der Waals surface area contributed by atoms with Gasteiger partial charge in [-0.2, -0.15) is 0 Å². The molecule has 1 amide bonds. The lowest BCUT2D eigenvalue weighted by Gasteiger charge is -2.19. The minimum absolute atomic E-state index is 0.287. The molecule has 5 nitrogen and oxygen atoms in total. The molecule has 1 N–H and O–H groups in total. The van der Waals surface area contributed by atoms with Crippen LogP contribution in [-0.2, 0) is 10.0 Å². The Morgan fingerprint density at radius 2 is 1.82 bits per heavy atom. The number of carbonyl (C=O) groups is 1. The van der Waals surface area contributed by atoms with E-state index in [2.05, 4.69) is 21.2 Å². The highest BCUT2D eigenvalue weighted by Crippen LogP contribution is 2.23. The van der Waals surface area contributed by atoms with E-state index in [-0.39, 0.29) is 11.5 Å². The van der Waals surface area contributed by atoms with Gasteiger partial charge in [0.05, 0.1) is 17.5 Å². The third-order valence-electron chi connectivity index (χ3n) is 3.07. The predicted molar refractivity (Wildman–Crippen MR) is 91.8 cm³/mol. The number of hydrogen-bond donors (Lipinski definition) is 1. The van der Waals surface area contributed by atoms with Crippen LogP contribution in [-0.4, -0.2) is 27.6 Å². The molecule has 0 unspecified atom stereocenters. The summed E-state index contributed by atoms with van der Waals surface area (Å²) in [6.07, 6.45) is 1.09. The smallest absolute Gasteiger partial charge is 0.257 e. The van der Waals surface area contributed by atoms with Crippen LogP contribution in [0, 0.1) is 0 Å². The van der Waals surface area contributed by atoms with Crippen LogP contribution >= 0.6 is 15.9 Å². The van der Waals surface area contributed by atoms with Gasteiger partial charge in [-0.15, -0.1) is 0 Å². The summed E-state index contributed by atoms with van der Waals surface area (Å²) in [6.45, 7) is 0. The van der Waals surface area contributed by atoms with Crippen LogP contribution in [0.4, 0.5) is 11.4 Å². The Hall–Kier alpha value is -1.86. The van der Waals surface area contributed by atoms with Crippen molar-refractivity contribution in [1.82, 2.24) is 0 Å². The summed E-state index contributed by atoms with van der Waals surface area (Å²) in [7, 11) is -2.03. The van der Waals surface area contributed by atoms with Gasteiger partial charge >= 0.3 is 0 Å². The first-order valence-electron chi connectivity index (χ1n) is 6.39. The van der Waals surface area contributed by atoms with Gasteiger partial charge in [-0.1, -0.05) is 34.1 Å². The Labute approximate surface area is 138 Å². The van der Waals surface area contributed by atoms with Gasteiger partial charge < -0.3 is 5.32 Å². The number of nitrogens with zero attached hydrogens (tertiary/aromatic N) is 1. The number of hydrogen-bond acceptors (Lipinski definition) is 3. The van der Waals surface area contributed by atoms with E-state index in [9.17, 15) is 13.2 Å². The van der Waals surface area contributed by atoms with Crippen molar-refractivity contribution in [2.75, 3.05) is 22.9 Å². The number of nitrogens with one attached hydrogen (secondary N) is 1. The van der Waals surface area contributed by atoms with Crippen LogP contribution < -0.4 is 9.62 Å². The second-order valence-electron chi connectivity index (χ2n) is 4.71. The number of anilines is 2. The monoisotopic (exact) mass is 382 g/mol. The summed E-state index contributed by atoms with van der Waals surface area (Å²) < 4.78 is 25.3. The number of para-hydroxylation sites is 1. The SMILES string of the molecule is CN(c1ccccc1C(=O)Nc1cccc(Br)c1)S(C)(=O)=O. The highest BCUT2D eigenvalue weighted by Gasteiger charge is 2.19. The highest BCUT2D eigenvalue weighted by molar-refractivity contribution is 9.10. The Balaban J connectivity index is 2.35. The predicted octanol–water partition coefficient (Wildman–Crippen LogP) is 3.10. The van der Waals surface area contributed by atoms with Crippen molar-refractivity contribution in [3.63, 3.8) is 0 Å². The van der Waals surface area contributed by atoms with Gasteiger partial charge in [-0.25, -0.2) is 8.42 Å². The van der Waals surface area contributed by atoms with Crippen molar-refractivity contribution in [1.29, 1.82) is 0 Å². The lowest BCUT2D eigenvalue weighted by Crippen LogP contribution is -2.27. The van der Waals surface area contributed by atoms with E-state index < -0.39 is 10.0 Å². The third kappa shape index (κ3) is 3.86. The van der Waals surface area contributed by atoms with Crippen LogP contribution in [0.15, 0.2) is 53.0 Å². The van der Waals surface area contributed by atoms with Crippen molar-refractivity contribution in [2.45, 2.75) is 0 Å². The molecule has 0 saturated carbocycles. The van der Waals surface area contributed by atoms with E-state index in [1.807, 2.05) is 6.07 Å². The number of benzene rings is 2. The Morgan fingerprint density at radius 3 is 2.45 bits per heavy atom. The fourth-order valence-electron chi connectivity index (χ4n) is 1.88. The minimum atomic E-state index is -3.45. The van der Waals surface area contributed by atoms with E-state index in [4.69, 9.17) is 0 Å². The summed E-state index contributed by atoms with van der Waals surface area (Å²) in [5.41, 5.74) is 1.24. The minimum Gasteiger partial charge on any atom is -0.322 e. The van der Waals surface area contributed by atoms with Crippen molar-refractivity contribution >= 4 is 43.2 Å². The molecule has 0 aliphatic rings. The molecule has 0 bridgehead atoms. The molecule has 7 heteroatoms. The molecule has 2 aromatic carbocycles. The number of amides is 1. The maximum Gasteiger partial charge on any atom is 0.257 e. The maximum absolute atomic E-state index is 12.4. The average molecular weight is 383 g/mol. The van der Waals surface area contributed by atoms with Gasteiger partial charge in [0.2, 0.25) is 10.0 Å². The van der Waals surface area contributed by atoms with Crippen LogP contribution in [0.3, 0.4) is 0 Å². The summed E-state index contributed by atoms with van der Waals surface area (Å²) >= 11 is 3.33. The van der Waals surface area contributed by atoms with Crippen molar-refractivity contribution in [2.24, 2.45) is 0 Å². The van der Waals surface area contributed by atoms with Crippen LogP contribution in [0.25, 0.3) is 0 Å². The zero-order valence-electron chi connectivity index (χ0n) is 12.1. The molecule has 0 spiro atoms. The quantitative estimate of drug-likeness (QED) is 0.883. The van der Waals surface area contributed by atoms with Gasteiger partial charge in [0.15, 0.2) is 0 Å². The lowest BCUT2D eigenvalue weighted by atomic mass is 10.1. The first kappa shape index (κ1) is 16.5. The van der Waals surface area contributed by atoms with Crippen LogP contribution in [0.1, 0.15) is 10.4 Å². The van der Waals surface area contributed by atoms with Gasteiger partial charge in [0.25, 0.3) is 5.91 Å². The molecule has 2 rings (SSSR count). The molecule has 22 heavy (non-hydrogen) atoms. The topological polar surface area (TPSA) is 66.5 Å². The van der Waals surface area contributed by atoms with Gasteiger partial charge in [-0.3, -0.25) is 9.10 Å². The average Bonchev–Trinajstić information content (AvgIpc) is 2.45. The van der Waals surface area contributed by atoms with Gasteiger partial charge in [0, 0.05) is 17.2 Å². The van der Waals surface area contributed by atoms with Crippen molar-refractivity contribution in [3.05, 3.63) is 58.6 Å². The lowest BCUT2D eigenvalue weighted by molar-refractivity contribution is 0.102. The van der Waals surface area contributed by atoms with E-state index in [1.165, 1.54) is 7.05 Å². The second-order valence-corrected chi connectivity index (χ2v) is 7.64. The van der Waals surface area contributed by atoms with Crippen LogP contribution in [0.5, 0.6) is 0 Å². The second kappa shape index (κ2) is 6.50. The molecule has 116 valence electrons. The Morgan fingerprint density at radius 1 is 1.14 bits per heavy atom. The number of carbonyl (C=O) groups excluding carboxylic acids is 1. The molecule has 0 aromatic heterocycles. The van der Waals surface area contributed by atoms with E-state index in [1.54, 1.807) is 42.5 Å². The molecule has 0 heterocycles. The molecular formula is C15H15BrN2O3S. The molecule has 2 aromatic rings. The number of halogens is 1. The standard InChI is InChI=1S/C15H15BrN2O3S/c1-18(22(2,20)21)14-9-4-3-8-13(14)15(19)17-12-7-5-6-11(16)10-12/h3-10H,1-2H3,(H,17,19). The van der Waals surface area contributed by atoms with Gasteiger partial charge in [-0.05, 0) is 30.3 Å². The molecule has 0 aliphatic heterocycles. The zero-order chi connectivity index (χ0) is 16.3. The summed E-state index contributed by atoms with van der Waals surface area (Å²) in [5, 5.41) is 2.76. The van der Waals surface area contributed by atoms with E-state index in [0.29, 0.717) is 11.4 Å². The Kier molecular flexibility index (Phi) is 4.87. The van der Waals surface area contributed by atoms with Crippen LogP contribution in [0.2, 0.25) is 0 Å². The fourth-order valence-corrected chi connectivity index (χ4v) is 2.80.